The second kappa shape index (κ2) is 3.81. The van der Waals surface area contributed by atoms with Gasteiger partial charge in [-0.2, -0.15) is 0 Å². The van der Waals surface area contributed by atoms with E-state index in [9.17, 15) is 0 Å². The van der Waals surface area contributed by atoms with Crippen LogP contribution in [0.3, 0.4) is 0 Å². The molecule has 1 aromatic heterocycles. The predicted octanol–water partition coefficient (Wildman–Crippen LogP) is 2.93. The molecule has 15 heavy (non-hydrogen) atoms. The zero-order chi connectivity index (χ0) is 10.8. The second-order valence-corrected chi connectivity index (χ2v) is 3.66. The van der Waals surface area contributed by atoms with Crippen LogP contribution in [-0.4, -0.2) is 11.2 Å². The third-order valence-corrected chi connectivity index (χ3v) is 2.52. The highest BCUT2D eigenvalue weighted by atomic mass is 14.8. The number of aliphatic imine (C=N–C) groups is 1. The summed E-state index contributed by atoms with van der Waals surface area (Å²) in [5.74, 6) is 0. The van der Waals surface area contributed by atoms with Crippen molar-refractivity contribution in [2.75, 3.05) is 0 Å². The standard InChI is InChI=1S/C13H14N2/c1-4-10-7-11-6-9(3)8-15-13(11)12(10)14-5-2/h4-6,8H,1,7H2,2-3H3. The van der Waals surface area contributed by atoms with Crippen LogP contribution >= 0.6 is 0 Å². The molecule has 0 spiro atoms. The number of hydrogen-bond donors (Lipinski definition) is 0. The monoisotopic (exact) mass is 198 g/mol. The normalized spacial score (nSPS) is 14.8. The first kappa shape index (κ1) is 9.84. The molecule has 0 radical (unpaired) electrons. The molecular formula is C13H14N2. The summed E-state index contributed by atoms with van der Waals surface area (Å²) in [7, 11) is 0. The van der Waals surface area contributed by atoms with Crippen LogP contribution in [0.15, 0.2) is 35.5 Å². The number of fused-ring (bicyclic) bond motifs is 1. The quantitative estimate of drug-likeness (QED) is 0.671. The van der Waals surface area contributed by atoms with Gasteiger partial charge in [0, 0.05) is 18.8 Å². The second-order valence-electron chi connectivity index (χ2n) is 3.66. The minimum Gasteiger partial charge on any atom is -0.259 e. The van der Waals surface area contributed by atoms with Crippen molar-refractivity contribution in [2.24, 2.45) is 4.99 Å². The van der Waals surface area contributed by atoms with Crippen molar-refractivity contribution in [3.63, 3.8) is 0 Å². The van der Waals surface area contributed by atoms with E-state index in [4.69, 9.17) is 0 Å². The Morgan fingerprint density at radius 2 is 2.33 bits per heavy atom. The maximum Gasteiger partial charge on any atom is 0.0924 e. The van der Waals surface area contributed by atoms with Crippen LogP contribution in [0.4, 0.5) is 0 Å². The number of nitrogens with zero attached hydrogens (tertiary/aromatic N) is 2. The number of rotatable bonds is 2. The van der Waals surface area contributed by atoms with Crippen molar-refractivity contribution >= 4 is 11.9 Å². The highest BCUT2D eigenvalue weighted by Gasteiger charge is 2.20. The fourth-order valence-corrected chi connectivity index (χ4v) is 1.86. The Labute approximate surface area is 90.1 Å². The van der Waals surface area contributed by atoms with Crippen LogP contribution in [0.2, 0.25) is 0 Å². The maximum absolute atomic E-state index is 4.44. The molecule has 76 valence electrons. The van der Waals surface area contributed by atoms with Gasteiger partial charge in [-0.1, -0.05) is 18.7 Å². The van der Waals surface area contributed by atoms with E-state index in [1.807, 2.05) is 19.2 Å². The molecule has 1 heterocycles. The van der Waals surface area contributed by atoms with Gasteiger partial charge in [0.15, 0.2) is 0 Å². The Morgan fingerprint density at radius 1 is 1.53 bits per heavy atom. The lowest BCUT2D eigenvalue weighted by atomic mass is 10.1. The van der Waals surface area contributed by atoms with E-state index in [1.54, 1.807) is 6.21 Å². The first-order valence-corrected chi connectivity index (χ1v) is 5.06. The highest BCUT2D eigenvalue weighted by molar-refractivity contribution is 5.80. The number of allylic oxidation sites excluding steroid dienone is 2. The van der Waals surface area contributed by atoms with Crippen LogP contribution in [0.5, 0.6) is 0 Å². The zero-order valence-electron chi connectivity index (χ0n) is 9.12. The molecule has 2 heteroatoms. The van der Waals surface area contributed by atoms with Crippen molar-refractivity contribution in [3.05, 3.63) is 47.3 Å². The maximum atomic E-state index is 4.44. The van der Waals surface area contributed by atoms with E-state index >= 15 is 0 Å². The summed E-state index contributed by atoms with van der Waals surface area (Å²) in [6, 6.07) is 2.17. The van der Waals surface area contributed by atoms with Crippen molar-refractivity contribution in [2.45, 2.75) is 20.3 Å². The molecular weight excluding hydrogens is 184 g/mol. The fourth-order valence-electron chi connectivity index (χ4n) is 1.86. The summed E-state index contributed by atoms with van der Waals surface area (Å²) in [5.41, 5.74) is 5.60. The van der Waals surface area contributed by atoms with Gasteiger partial charge in [-0.3, -0.25) is 9.98 Å². The van der Waals surface area contributed by atoms with Gasteiger partial charge in [0.25, 0.3) is 0 Å². The molecule has 0 bridgehead atoms. The molecule has 0 atom stereocenters. The lowest BCUT2D eigenvalue weighted by molar-refractivity contribution is 1.15. The topological polar surface area (TPSA) is 25.2 Å². The van der Waals surface area contributed by atoms with E-state index in [-0.39, 0.29) is 0 Å². The predicted molar refractivity (Wildman–Crippen MR) is 64.0 cm³/mol. The van der Waals surface area contributed by atoms with Gasteiger partial charge in [-0.25, -0.2) is 0 Å². The lowest BCUT2D eigenvalue weighted by Crippen LogP contribution is -1.89. The molecule has 0 saturated carbocycles. The Kier molecular flexibility index (Phi) is 2.50. The molecule has 0 aliphatic heterocycles. The summed E-state index contributed by atoms with van der Waals surface area (Å²) in [5, 5.41) is 0. The molecule has 1 aliphatic carbocycles. The SMILES string of the molecule is C=CC1=C(N=CC)c2ncc(C)cc2C1. The van der Waals surface area contributed by atoms with Crippen molar-refractivity contribution < 1.29 is 0 Å². The molecule has 0 aromatic carbocycles. The Hall–Kier alpha value is -1.70. The Balaban J connectivity index is 2.55. The van der Waals surface area contributed by atoms with Crippen molar-refractivity contribution in [1.29, 1.82) is 0 Å². The molecule has 1 aliphatic rings. The molecule has 2 rings (SSSR count). The van der Waals surface area contributed by atoms with Crippen molar-refractivity contribution in [1.82, 2.24) is 4.98 Å². The van der Waals surface area contributed by atoms with Gasteiger partial charge in [0.2, 0.25) is 0 Å². The summed E-state index contributed by atoms with van der Waals surface area (Å²) in [6.45, 7) is 7.80. The van der Waals surface area contributed by atoms with Crippen LogP contribution in [0, 0.1) is 6.92 Å². The summed E-state index contributed by atoms with van der Waals surface area (Å²) in [6.07, 6.45) is 6.46. The number of pyridine rings is 1. The van der Waals surface area contributed by atoms with Crippen LogP contribution in [-0.2, 0) is 6.42 Å². The van der Waals surface area contributed by atoms with Crippen LogP contribution < -0.4 is 0 Å². The highest BCUT2D eigenvalue weighted by Crippen LogP contribution is 2.32. The van der Waals surface area contributed by atoms with E-state index in [1.165, 1.54) is 16.7 Å². The molecule has 0 N–H and O–H groups in total. The van der Waals surface area contributed by atoms with E-state index in [2.05, 4.69) is 29.5 Å². The van der Waals surface area contributed by atoms with Gasteiger partial charge < -0.3 is 0 Å². The molecule has 0 unspecified atom stereocenters. The molecule has 1 aromatic rings. The lowest BCUT2D eigenvalue weighted by Gasteiger charge is -2.00. The Bertz CT molecular complexity index is 467. The largest absolute Gasteiger partial charge is 0.259 e. The third-order valence-electron chi connectivity index (χ3n) is 2.52. The third kappa shape index (κ3) is 1.63. The molecule has 0 saturated heterocycles. The Morgan fingerprint density at radius 3 is 3.00 bits per heavy atom. The van der Waals surface area contributed by atoms with Gasteiger partial charge in [0.05, 0.1) is 11.4 Å². The van der Waals surface area contributed by atoms with Crippen LogP contribution in [0.25, 0.3) is 5.70 Å². The fraction of sp³-hybridized carbons (Fsp3) is 0.231. The van der Waals surface area contributed by atoms with Gasteiger partial charge in [-0.15, -0.1) is 0 Å². The first-order chi connectivity index (χ1) is 7.26. The van der Waals surface area contributed by atoms with E-state index < -0.39 is 0 Å². The van der Waals surface area contributed by atoms with Crippen LogP contribution in [0.1, 0.15) is 23.7 Å². The van der Waals surface area contributed by atoms with E-state index in [0.29, 0.717) is 0 Å². The van der Waals surface area contributed by atoms with Gasteiger partial charge in [-0.05, 0) is 30.5 Å². The smallest absolute Gasteiger partial charge is 0.0924 e. The molecule has 0 amide bonds. The van der Waals surface area contributed by atoms with Gasteiger partial charge in [0.1, 0.15) is 0 Å². The minimum absolute atomic E-state index is 0.903. The van der Waals surface area contributed by atoms with Gasteiger partial charge >= 0.3 is 0 Å². The van der Waals surface area contributed by atoms with Crippen molar-refractivity contribution in [3.8, 4) is 0 Å². The molecule has 2 nitrogen and oxygen atoms in total. The minimum atomic E-state index is 0.903. The summed E-state index contributed by atoms with van der Waals surface area (Å²) < 4.78 is 0. The number of hydrogen-bond acceptors (Lipinski definition) is 2. The molecule has 0 fully saturated rings. The summed E-state index contributed by atoms with van der Waals surface area (Å²) >= 11 is 0. The van der Waals surface area contributed by atoms with E-state index in [0.717, 1.165) is 17.8 Å². The average Bonchev–Trinajstić information content (AvgIpc) is 2.56. The zero-order valence-corrected chi connectivity index (χ0v) is 9.12. The number of aryl methyl sites for hydroxylation is 1. The average molecular weight is 198 g/mol. The first-order valence-electron chi connectivity index (χ1n) is 5.06. The number of aromatic nitrogens is 1. The summed E-state index contributed by atoms with van der Waals surface area (Å²) in [4.78, 5) is 8.81.